The van der Waals surface area contributed by atoms with Gasteiger partial charge in [0.1, 0.15) is 23.5 Å². The van der Waals surface area contributed by atoms with Crippen molar-refractivity contribution in [3.8, 4) is 0 Å². The van der Waals surface area contributed by atoms with E-state index in [2.05, 4.69) is 21.8 Å². The molecular weight excluding hydrogens is 455 g/mol. The first-order valence-corrected chi connectivity index (χ1v) is 12.5. The quantitative estimate of drug-likeness (QED) is 0.451. The van der Waals surface area contributed by atoms with Crippen molar-refractivity contribution in [1.29, 1.82) is 0 Å². The average Bonchev–Trinajstić information content (AvgIpc) is 3.36. The van der Waals surface area contributed by atoms with Crippen molar-refractivity contribution < 1.29 is 9.18 Å². The number of halogens is 1. The number of hydrogen-bond donors (Lipinski definition) is 0. The van der Waals surface area contributed by atoms with Crippen molar-refractivity contribution in [2.75, 3.05) is 31.1 Å². The van der Waals surface area contributed by atoms with Crippen LogP contribution in [0.1, 0.15) is 23.8 Å². The molecule has 1 aliphatic carbocycles. The molecule has 0 N–H and O–H groups in total. The van der Waals surface area contributed by atoms with Crippen LogP contribution in [0.15, 0.2) is 35.4 Å². The summed E-state index contributed by atoms with van der Waals surface area (Å²) in [6.45, 7) is 4.58. The number of carbonyl (C=O) groups excluding carboxylic acids is 1. The molecule has 0 saturated carbocycles. The van der Waals surface area contributed by atoms with Crippen LogP contribution in [-0.4, -0.2) is 56.2 Å². The molecule has 34 heavy (non-hydrogen) atoms. The first-order valence-electron chi connectivity index (χ1n) is 11.6. The van der Waals surface area contributed by atoms with Gasteiger partial charge in [-0.3, -0.25) is 4.79 Å². The maximum absolute atomic E-state index is 13.2. The van der Waals surface area contributed by atoms with E-state index in [1.807, 2.05) is 0 Å². The lowest BCUT2D eigenvalue weighted by Crippen LogP contribution is -2.50. The zero-order valence-corrected chi connectivity index (χ0v) is 19.7. The minimum Gasteiger partial charge on any atom is -0.368 e. The predicted octanol–water partition coefficient (Wildman–Crippen LogP) is 2.72. The van der Waals surface area contributed by atoms with Gasteiger partial charge in [-0.25, -0.2) is 23.4 Å². The number of rotatable bonds is 3. The Balaban J connectivity index is 1.23. The molecule has 1 atom stereocenters. The number of thiophene rings is 1. The number of anilines is 1. The van der Waals surface area contributed by atoms with Crippen LogP contribution in [0, 0.1) is 11.7 Å². The van der Waals surface area contributed by atoms with Gasteiger partial charge < -0.3 is 9.80 Å². The molecule has 176 valence electrons. The number of nitrogens with zero attached hydrogens (tertiary/aromatic N) is 6. The molecule has 1 amide bonds. The monoisotopic (exact) mass is 480 g/mol. The Labute approximate surface area is 199 Å². The topological polar surface area (TPSA) is 75.7 Å². The van der Waals surface area contributed by atoms with E-state index in [-0.39, 0.29) is 18.3 Å². The fraction of sp³-hybridized carbons (Fsp3) is 0.417. The minimum absolute atomic E-state index is 0.0763. The molecule has 8 nitrogen and oxygen atoms in total. The van der Waals surface area contributed by atoms with Crippen molar-refractivity contribution in [3.05, 3.63) is 57.3 Å². The third-order valence-electron chi connectivity index (χ3n) is 7.01. The Hall–Kier alpha value is -3.27. The van der Waals surface area contributed by atoms with E-state index < -0.39 is 5.69 Å². The fourth-order valence-corrected chi connectivity index (χ4v) is 6.44. The van der Waals surface area contributed by atoms with Gasteiger partial charge in [-0.15, -0.1) is 11.3 Å². The minimum atomic E-state index is -0.434. The largest absolute Gasteiger partial charge is 0.368 e. The van der Waals surface area contributed by atoms with Gasteiger partial charge in [0.2, 0.25) is 5.91 Å². The Kier molecular flexibility index (Phi) is 5.13. The van der Waals surface area contributed by atoms with Crippen molar-refractivity contribution in [2.45, 2.75) is 32.7 Å². The summed E-state index contributed by atoms with van der Waals surface area (Å²) in [7, 11) is 0. The molecule has 6 rings (SSSR count). The van der Waals surface area contributed by atoms with Gasteiger partial charge in [-0.2, -0.15) is 4.98 Å². The van der Waals surface area contributed by atoms with Gasteiger partial charge in [-0.05, 0) is 55.0 Å². The first-order chi connectivity index (χ1) is 16.5. The Morgan fingerprint density at radius 2 is 1.94 bits per heavy atom. The molecule has 2 aliphatic rings. The molecule has 1 aromatic carbocycles. The van der Waals surface area contributed by atoms with Gasteiger partial charge in [-0.1, -0.05) is 6.92 Å². The maximum Gasteiger partial charge on any atom is 0.365 e. The lowest BCUT2D eigenvalue weighted by Gasteiger charge is -2.36. The standard InChI is InChI=1S/C24H25FN6O2S/c1-15-2-7-18-19(12-15)34-23-21(18)22-27-24(33)30(31(22)14-26-23)13-20(32)29-10-8-28(9-11-29)17-5-3-16(25)4-6-17/h3-6,14-15H,2,7-13H2,1H3. The molecule has 0 radical (unpaired) electrons. The summed E-state index contributed by atoms with van der Waals surface area (Å²) in [4.78, 5) is 41.0. The van der Waals surface area contributed by atoms with Crippen molar-refractivity contribution >= 4 is 38.8 Å². The van der Waals surface area contributed by atoms with E-state index in [1.165, 1.54) is 27.3 Å². The number of carbonyl (C=O) groups is 1. The molecule has 0 bridgehead atoms. The molecule has 0 spiro atoms. The molecule has 1 unspecified atom stereocenters. The lowest BCUT2D eigenvalue weighted by atomic mass is 9.89. The zero-order chi connectivity index (χ0) is 23.4. The molecule has 3 aromatic heterocycles. The summed E-state index contributed by atoms with van der Waals surface area (Å²) in [5.41, 5.74) is 2.36. The van der Waals surface area contributed by atoms with Crippen molar-refractivity contribution in [2.24, 2.45) is 5.92 Å². The van der Waals surface area contributed by atoms with Crippen LogP contribution in [0.25, 0.3) is 15.9 Å². The molecule has 4 aromatic rings. The summed E-state index contributed by atoms with van der Waals surface area (Å²) < 4.78 is 16.2. The predicted molar refractivity (Wildman–Crippen MR) is 129 cm³/mol. The van der Waals surface area contributed by atoms with Crippen LogP contribution >= 0.6 is 11.3 Å². The Morgan fingerprint density at radius 3 is 2.71 bits per heavy atom. The van der Waals surface area contributed by atoms with Crippen molar-refractivity contribution in [1.82, 2.24) is 24.1 Å². The third kappa shape index (κ3) is 3.56. The summed E-state index contributed by atoms with van der Waals surface area (Å²) in [6.07, 6.45) is 4.73. The number of fused-ring (bicyclic) bond motifs is 5. The van der Waals surface area contributed by atoms with E-state index in [0.717, 1.165) is 35.2 Å². The zero-order valence-electron chi connectivity index (χ0n) is 18.9. The molecule has 1 aliphatic heterocycles. The summed E-state index contributed by atoms with van der Waals surface area (Å²) in [5.74, 6) is 0.265. The number of aromatic nitrogens is 4. The number of benzene rings is 1. The molecule has 1 saturated heterocycles. The Morgan fingerprint density at radius 1 is 1.18 bits per heavy atom. The fourth-order valence-electron chi connectivity index (χ4n) is 5.10. The van der Waals surface area contributed by atoms with E-state index in [4.69, 9.17) is 0 Å². The highest BCUT2D eigenvalue weighted by Gasteiger charge is 2.26. The normalized spacial score (nSPS) is 18.6. The van der Waals surface area contributed by atoms with Gasteiger partial charge in [0.25, 0.3) is 0 Å². The summed E-state index contributed by atoms with van der Waals surface area (Å²) in [5, 5.41) is 0.964. The molecular formula is C24H25FN6O2S. The van der Waals surface area contributed by atoms with Gasteiger partial charge >= 0.3 is 5.69 Å². The highest BCUT2D eigenvalue weighted by molar-refractivity contribution is 7.19. The number of aryl methyl sites for hydroxylation is 1. The van der Waals surface area contributed by atoms with Crippen LogP contribution in [0.2, 0.25) is 0 Å². The number of piperazine rings is 1. The molecule has 1 fully saturated rings. The SMILES string of the molecule is CC1CCc2c(sc3ncn4c(nc(=O)n4CC(=O)N4CCN(c5ccc(F)cc5)CC4)c23)C1. The van der Waals surface area contributed by atoms with E-state index in [0.29, 0.717) is 37.7 Å². The maximum atomic E-state index is 13.2. The third-order valence-corrected chi connectivity index (χ3v) is 8.17. The average molecular weight is 481 g/mol. The molecule has 4 heterocycles. The smallest absolute Gasteiger partial charge is 0.365 e. The second kappa shape index (κ2) is 8.19. The highest BCUT2D eigenvalue weighted by atomic mass is 32.1. The lowest BCUT2D eigenvalue weighted by molar-refractivity contribution is -0.132. The van der Waals surface area contributed by atoms with Crippen molar-refractivity contribution in [3.63, 3.8) is 0 Å². The second-order valence-electron chi connectivity index (χ2n) is 9.24. The second-order valence-corrected chi connectivity index (χ2v) is 10.3. The first kappa shape index (κ1) is 21.3. The van der Waals surface area contributed by atoms with Crippen LogP contribution < -0.4 is 10.6 Å². The molecule has 10 heteroatoms. The Bertz CT molecular complexity index is 1450. The van der Waals surface area contributed by atoms with Crippen LogP contribution in [0.5, 0.6) is 0 Å². The number of hydrogen-bond acceptors (Lipinski definition) is 6. The van der Waals surface area contributed by atoms with Gasteiger partial charge in [0.15, 0.2) is 5.65 Å². The van der Waals surface area contributed by atoms with E-state index >= 15 is 0 Å². The van der Waals surface area contributed by atoms with Gasteiger partial charge in [0, 0.05) is 36.7 Å². The van der Waals surface area contributed by atoms with Gasteiger partial charge in [0.05, 0.1) is 5.39 Å². The van der Waals surface area contributed by atoms with Crippen LogP contribution in [-0.2, 0) is 24.2 Å². The summed E-state index contributed by atoms with van der Waals surface area (Å²) in [6, 6.07) is 6.39. The van der Waals surface area contributed by atoms with Crippen LogP contribution in [0.3, 0.4) is 0 Å². The number of amides is 1. The van der Waals surface area contributed by atoms with E-state index in [9.17, 15) is 14.0 Å². The summed E-state index contributed by atoms with van der Waals surface area (Å²) >= 11 is 1.69. The van der Waals surface area contributed by atoms with E-state index in [1.54, 1.807) is 39.2 Å². The van der Waals surface area contributed by atoms with Crippen LogP contribution in [0.4, 0.5) is 10.1 Å². The highest BCUT2D eigenvalue weighted by Crippen LogP contribution is 2.38.